The number of aromatic nitrogens is 3. The normalized spacial score (nSPS) is 22.3. The number of carbonyl (C=O) groups excluding carboxylic acids is 1. The van der Waals surface area contributed by atoms with Gasteiger partial charge in [-0.3, -0.25) is 4.79 Å². The summed E-state index contributed by atoms with van der Waals surface area (Å²) in [5, 5.41) is 12.1. The number of nitrogens with two attached hydrogens (primary N) is 1. The Hall–Kier alpha value is -3.16. The van der Waals surface area contributed by atoms with Crippen LogP contribution in [-0.4, -0.2) is 49.2 Å². The molecule has 35 heavy (non-hydrogen) atoms. The third-order valence-corrected chi connectivity index (χ3v) is 8.03. The number of fused-ring (bicyclic) bond motifs is 1. The number of para-hydroxylation sites is 1. The Kier molecular flexibility index (Phi) is 4.79. The standard InChI is InChI=1S/C28H31N5O2/c29-20-5-3-10-31(16-20)28(35)19-12-21-25(34)9-11-32-26(21)22(13-19)30-27(32)24-14-18-4-1-2-6-23(18)33(24)15-17-7-8-17/h1-2,4,6,12-14,17,20,25,34H,3,5,7-11,15-16,29H2/t20-,25?/m1/s1. The van der Waals surface area contributed by atoms with Gasteiger partial charge in [-0.25, -0.2) is 4.98 Å². The molecule has 7 nitrogen and oxygen atoms in total. The van der Waals surface area contributed by atoms with Gasteiger partial charge in [-0.05, 0) is 62.3 Å². The second-order valence-corrected chi connectivity index (χ2v) is 10.6. The highest BCUT2D eigenvalue weighted by Gasteiger charge is 2.30. The summed E-state index contributed by atoms with van der Waals surface area (Å²) < 4.78 is 4.67. The third kappa shape index (κ3) is 3.48. The van der Waals surface area contributed by atoms with Crippen LogP contribution in [0.4, 0.5) is 0 Å². The molecule has 2 aromatic carbocycles. The zero-order valence-corrected chi connectivity index (χ0v) is 19.9. The fourth-order valence-electron chi connectivity index (χ4n) is 6.03. The molecule has 2 aromatic heterocycles. The molecule has 0 radical (unpaired) electrons. The average Bonchev–Trinajstić information content (AvgIpc) is 3.51. The van der Waals surface area contributed by atoms with Crippen LogP contribution < -0.4 is 5.73 Å². The summed E-state index contributed by atoms with van der Waals surface area (Å²) in [4.78, 5) is 20.4. The van der Waals surface area contributed by atoms with Crippen molar-refractivity contribution < 1.29 is 9.90 Å². The predicted molar refractivity (Wildman–Crippen MR) is 136 cm³/mol. The first-order valence-corrected chi connectivity index (χ1v) is 12.9. The van der Waals surface area contributed by atoms with Crippen molar-refractivity contribution >= 4 is 27.8 Å². The summed E-state index contributed by atoms with van der Waals surface area (Å²) in [7, 11) is 0. The van der Waals surface area contributed by atoms with E-state index in [1.807, 2.05) is 17.0 Å². The number of aliphatic hydroxyl groups is 1. The minimum Gasteiger partial charge on any atom is -0.388 e. The Labute approximate surface area is 204 Å². The molecule has 180 valence electrons. The summed E-state index contributed by atoms with van der Waals surface area (Å²) in [5.41, 5.74) is 11.6. The van der Waals surface area contributed by atoms with E-state index in [1.54, 1.807) is 0 Å². The lowest BCUT2D eigenvalue weighted by molar-refractivity contribution is 0.0708. The number of hydrogen-bond donors (Lipinski definition) is 2. The van der Waals surface area contributed by atoms with Gasteiger partial charge in [0.05, 0.1) is 22.8 Å². The highest BCUT2D eigenvalue weighted by molar-refractivity contribution is 5.99. The zero-order chi connectivity index (χ0) is 23.7. The summed E-state index contributed by atoms with van der Waals surface area (Å²) in [5.74, 6) is 1.64. The number of carbonyl (C=O) groups is 1. The SMILES string of the molecule is N[C@@H]1CCCN(C(=O)c2cc3c4c(c2)nc(-c2cc5ccccc5n2CC2CC2)n4CCC3O)C1. The van der Waals surface area contributed by atoms with Gasteiger partial charge >= 0.3 is 0 Å². The molecule has 1 aliphatic carbocycles. The number of imidazole rings is 1. The molecule has 2 aliphatic heterocycles. The van der Waals surface area contributed by atoms with Crippen LogP contribution in [0, 0.1) is 5.92 Å². The van der Waals surface area contributed by atoms with Crippen molar-refractivity contribution in [3.8, 4) is 11.5 Å². The van der Waals surface area contributed by atoms with E-state index in [2.05, 4.69) is 39.5 Å². The largest absolute Gasteiger partial charge is 0.388 e. The van der Waals surface area contributed by atoms with E-state index >= 15 is 0 Å². The highest BCUT2D eigenvalue weighted by Crippen LogP contribution is 2.40. The molecule has 0 bridgehead atoms. The molecule has 1 saturated heterocycles. The van der Waals surface area contributed by atoms with Crippen LogP contribution >= 0.6 is 0 Å². The van der Waals surface area contributed by atoms with E-state index in [4.69, 9.17) is 10.7 Å². The first kappa shape index (κ1) is 21.1. The van der Waals surface area contributed by atoms with Gasteiger partial charge in [0.15, 0.2) is 5.82 Å². The van der Waals surface area contributed by atoms with E-state index in [9.17, 15) is 9.90 Å². The van der Waals surface area contributed by atoms with Crippen LogP contribution in [0.1, 0.15) is 54.1 Å². The second kappa shape index (κ2) is 7.93. The van der Waals surface area contributed by atoms with Crippen molar-refractivity contribution in [2.75, 3.05) is 13.1 Å². The van der Waals surface area contributed by atoms with Crippen molar-refractivity contribution in [2.24, 2.45) is 11.7 Å². The fourth-order valence-corrected chi connectivity index (χ4v) is 6.03. The topological polar surface area (TPSA) is 89.3 Å². The van der Waals surface area contributed by atoms with E-state index in [-0.39, 0.29) is 11.9 Å². The minimum atomic E-state index is -0.594. The van der Waals surface area contributed by atoms with Crippen molar-refractivity contribution in [1.82, 2.24) is 19.0 Å². The molecule has 7 heteroatoms. The molecular weight excluding hydrogens is 438 g/mol. The number of piperidine rings is 1. The molecule has 1 unspecified atom stereocenters. The monoisotopic (exact) mass is 469 g/mol. The molecule has 4 aromatic rings. The molecule has 1 saturated carbocycles. The van der Waals surface area contributed by atoms with Gasteiger partial charge in [-0.1, -0.05) is 18.2 Å². The Bertz CT molecular complexity index is 1460. The maximum Gasteiger partial charge on any atom is 0.253 e. The van der Waals surface area contributed by atoms with E-state index < -0.39 is 6.10 Å². The van der Waals surface area contributed by atoms with Crippen molar-refractivity contribution in [3.63, 3.8) is 0 Å². The molecule has 3 N–H and O–H groups in total. The van der Waals surface area contributed by atoms with Gasteiger partial charge in [0, 0.05) is 54.3 Å². The summed E-state index contributed by atoms with van der Waals surface area (Å²) >= 11 is 0. The first-order valence-electron chi connectivity index (χ1n) is 12.9. The van der Waals surface area contributed by atoms with Crippen LogP contribution in [0.2, 0.25) is 0 Å². The van der Waals surface area contributed by atoms with Gasteiger partial charge in [-0.15, -0.1) is 0 Å². The number of rotatable bonds is 4. The molecule has 1 amide bonds. The third-order valence-electron chi connectivity index (χ3n) is 8.03. The number of benzene rings is 2. The molecule has 7 rings (SSSR count). The van der Waals surface area contributed by atoms with E-state index in [1.165, 1.54) is 23.7 Å². The second-order valence-electron chi connectivity index (χ2n) is 10.6. The maximum absolute atomic E-state index is 13.4. The van der Waals surface area contributed by atoms with Crippen LogP contribution in [0.15, 0.2) is 42.5 Å². The lowest BCUT2D eigenvalue weighted by Crippen LogP contribution is -2.45. The van der Waals surface area contributed by atoms with Crippen molar-refractivity contribution in [2.45, 2.75) is 57.3 Å². The lowest BCUT2D eigenvalue weighted by Gasteiger charge is -2.31. The highest BCUT2D eigenvalue weighted by atomic mass is 16.3. The number of likely N-dealkylation sites (tertiary alicyclic amines) is 1. The van der Waals surface area contributed by atoms with Gasteiger partial charge < -0.3 is 24.9 Å². The van der Waals surface area contributed by atoms with E-state index in [0.717, 1.165) is 60.0 Å². The van der Waals surface area contributed by atoms with Crippen LogP contribution in [0.3, 0.4) is 0 Å². The lowest BCUT2D eigenvalue weighted by atomic mass is 9.97. The smallest absolute Gasteiger partial charge is 0.253 e. The van der Waals surface area contributed by atoms with Gasteiger partial charge in [0.1, 0.15) is 0 Å². The Morgan fingerprint density at radius 2 is 1.94 bits per heavy atom. The van der Waals surface area contributed by atoms with Gasteiger partial charge in [0.2, 0.25) is 0 Å². The van der Waals surface area contributed by atoms with Crippen LogP contribution in [-0.2, 0) is 13.1 Å². The van der Waals surface area contributed by atoms with Crippen molar-refractivity contribution in [3.05, 3.63) is 53.6 Å². The van der Waals surface area contributed by atoms with Gasteiger partial charge in [0.25, 0.3) is 5.91 Å². The molecule has 3 aliphatic rings. The number of amides is 1. The quantitative estimate of drug-likeness (QED) is 0.472. The average molecular weight is 470 g/mol. The van der Waals surface area contributed by atoms with E-state index in [0.29, 0.717) is 25.1 Å². The molecule has 2 fully saturated rings. The van der Waals surface area contributed by atoms with Gasteiger partial charge in [-0.2, -0.15) is 0 Å². The Balaban J connectivity index is 1.38. The van der Waals surface area contributed by atoms with Crippen LogP contribution in [0.25, 0.3) is 33.5 Å². The minimum absolute atomic E-state index is 0.0185. The van der Waals surface area contributed by atoms with Crippen LogP contribution in [0.5, 0.6) is 0 Å². The Morgan fingerprint density at radius 1 is 1.09 bits per heavy atom. The fraction of sp³-hybridized carbons (Fsp3) is 0.429. The first-order chi connectivity index (χ1) is 17.1. The zero-order valence-electron chi connectivity index (χ0n) is 19.9. The summed E-state index contributed by atoms with van der Waals surface area (Å²) in [6.07, 6.45) is 4.46. The summed E-state index contributed by atoms with van der Waals surface area (Å²) in [6, 6.07) is 14.6. The van der Waals surface area contributed by atoms with Crippen molar-refractivity contribution in [1.29, 1.82) is 0 Å². The molecular formula is C28H31N5O2. The molecule has 0 spiro atoms. The number of hydrogen-bond acceptors (Lipinski definition) is 4. The number of aliphatic hydroxyl groups excluding tert-OH is 1. The maximum atomic E-state index is 13.4. The number of nitrogens with zero attached hydrogens (tertiary/aromatic N) is 4. The number of aryl methyl sites for hydroxylation is 1. The molecule has 4 heterocycles. The molecule has 2 atom stereocenters. The summed E-state index contributed by atoms with van der Waals surface area (Å²) in [6.45, 7) is 3.01. The Morgan fingerprint density at radius 3 is 2.77 bits per heavy atom. The predicted octanol–water partition coefficient (Wildman–Crippen LogP) is 4.07.